The number of hydrogen-bond donors (Lipinski definition) is 1. The maximum absolute atomic E-state index is 6.39. The third kappa shape index (κ3) is 5.13. The molecule has 0 spiro atoms. The number of nitrogens with one attached hydrogen (secondary N) is 1. The summed E-state index contributed by atoms with van der Waals surface area (Å²) in [7, 11) is 2.02. The third-order valence-corrected chi connectivity index (χ3v) is 3.84. The average molecular weight is 312 g/mol. The molecule has 1 aliphatic heterocycles. The van der Waals surface area contributed by atoms with E-state index in [1.807, 2.05) is 19.3 Å². The number of halogens is 1. The number of pyridine rings is 1. The molecule has 1 saturated heterocycles. The van der Waals surface area contributed by atoms with Crippen molar-refractivity contribution < 1.29 is 4.74 Å². The van der Waals surface area contributed by atoms with Crippen molar-refractivity contribution in [2.45, 2.75) is 51.8 Å². The summed E-state index contributed by atoms with van der Waals surface area (Å²) in [5, 5.41) is 4.14. The Balaban J connectivity index is 1.97. The van der Waals surface area contributed by atoms with Gasteiger partial charge in [0.15, 0.2) is 0 Å². The molecular formula is C16H26ClN3O. The topological polar surface area (TPSA) is 37.4 Å². The fraction of sp³-hybridized carbons (Fsp3) is 0.688. The summed E-state index contributed by atoms with van der Waals surface area (Å²) >= 11 is 6.39. The summed E-state index contributed by atoms with van der Waals surface area (Å²) in [4.78, 5) is 6.60. The zero-order valence-electron chi connectivity index (χ0n) is 13.4. The fourth-order valence-corrected chi connectivity index (χ4v) is 2.73. The number of aromatic nitrogens is 1. The quantitative estimate of drug-likeness (QED) is 0.906. The smallest absolute Gasteiger partial charge is 0.147 e. The SMILES string of the molecule is CN(CC1CCCO1)c1ncc(CNC(C)(C)C)cc1Cl. The molecule has 2 heterocycles. The zero-order valence-corrected chi connectivity index (χ0v) is 14.2. The van der Waals surface area contributed by atoms with E-state index in [0.717, 1.165) is 43.9 Å². The second kappa shape index (κ2) is 6.95. The normalized spacial score (nSPS) is 19.0. The number of hydrogen-bond acceptors (Lipinski definition) is 4. The molecule has 0 aliphatic carbocycles. The van der Waals surface area contributed by atoms with Crippen molar-refractivity contribution in [1.82, 2.24) is 10.3 Å². The molecule has 118 valence electrons. The molecule has 1 atom stereocenters. The Morgan fingerprint density at radius 3 is 2.81 bits per heavy atom. The first-order valence-electron chi connectivity index (χ1n) is 7.57. The van der Waals surface area contributed by atoms with Crippen LogP contribution < -0.4 is 10.2 Å². The molecule has 1 aliphatic rings. The van der Waals surface area contributed by atoms with Gasteiger partial charge >= 0.3 is 0 Å². The number of ether oxygens (including phenoxy) is 1. The Bertz CT molecular complexity index is 467. The first-order chi connectivity index (χ1) is 9.85. The minimum Gasteiger partial charge on any atom is -0.376 e. The summed E-state index contributed by atoms with van der Waals surface area (Å²) in [5.41, 5.74) is 1.19. The lowest BCUT2D eigenvalue weighted by Gasteiger charge is -2.24. The molecule has 1 fully saturated rings. The Morgan fingerprint density at radius 1 is 1.48 bits per heavy atom. The Labute approximate surface area is 132 Å². The van der Waals surface area contributed by atoms with E-state index in [9.17, 15) is 0 Å². The van der Waals surface area contributed by atoms with Crippen LogP contribution in [-0.4, -0.2) is 36.8 Å². The first kappa shape index (κ1) is 16.5. The molecule has 1 unspecified atom stereocenters. The zero-order chi connectivity index (χ0) is 15.5. The van der Waals surface area contributed by atoms with Crippen molar-refractivity contribution in [3.8, 4) is 0 Å². The molecule has 0 saturated carbocycles. The van der Waals surface area contributed by atoms with Crippen LogP contribution in [0.5, 0.6) is 0 Å². The highest BCUT2D eigenvalue weighted by Crippen LogP contribution is 2.25. The van der Waals surface area contributed by atoms with Gasteiger partial charge in [-0.05, 0) is 45.2 Å². The lowest BCUT2D eigenvalue weighted by Crippen LogP contribution is -2.35. The summed E-state index contributed by atoms with van der Waals surface area (Å²) in [6, 6.07) is 1.99. The molecule has 0 amide bonds. The highest BCUT2D eigenvalue weighted by atomic mass is 35.5. The Hall–Kier alpha value is -0.840. The summed E-state index contributed by atoms with van der Waals surface area (Å²) in [5.74, 6) is 0.826. The highest BCUT2D eigenvalue weighted by molar-refractivity contribution is 6.33. The van der Waals surface area contributed by atoms with Crippen molar-refractivity contribution in [3.63, 3.8) is 0 Å². The minimum atomic E-state index is 0.0851. The summed E-state index contributed by atoms with van der Waals surface area (Å²) in [6.07, 6.45) is 4.47. The van der Waals surface area contributed by atoms with E-state index < -0.39 is 0 Å². The Kier molecular flexibility index (Phi) is 5.47. The van der Waals surface area contributed by atoms with Gasteiger partial charge in [-0.1, -0.05) is 11.6 Å². The fourth-order valence-electron chi connectivity index (χ4n) is 2.40. The molecule has 1 aromatic rings. The predicted octanol–water partition coefficient (Wildman–Crippen LogP) is 3.24. The van der Waals surface area contributed by atoms with Crippen molar-refractivity contribution in [1.29, 1.82) is 0 Å². The summed E-state index contributed by atoms with van der Waals surface area (Å²) < 4.78 is 5.66. The van der Waals surface area contributed by atoms with Gasteiger partial charge in [0, 0.05) is 38.5 Å². The molecule has 1 aromatic heterocycles. The second-order valence-corrected chi connectivity index (χ2v) is 7.18. The van der Waals surface area contributed by atoms with Crippen LogP contribution in [0.1, 0.15) is 39.2 Å². The van der Waals surface area contributed by atoms with E-state index in [-0.39, 0.29) is 5.54 Å². The van der Waals surface area contributed by atoms with Crippen LogP contribution in [0.15, 0.2) is 12.3 Å². The van der Waals surface area contributed by atoms with Crippen LogP contribution in [0.25, 0.3) is 0 Å². The molecular weight excluding hydrogens is 286 g/mol. The number of likely N-dealkylation sites (N-methyl/N-ethyl adjacent to an activating group) is 1. The predicted molar refractivity (Wildman–Crippen MR) is 88.1 cm³/mol. The minimum absolute atomic E-state index is 0.0851. The van der Waals surface area contributed by atoms with E-state index in [1.54, 1.807) is 0 Å². The van der Waals surface area contributed by atoms with Crippen LogP contribution in [-0.2, 0) is 11.3 Å². The maximum atomic E-state index is 6.39. The number of rotatable bonds is 5. The Morgan fingerprint density at radius 2 is 2.24 bits per heavy atom. The van der Waals surface area contributed by atoms with Crippen LogP contribution >= 0.6 is 11.6 Å². The highest BCUT2D eigenvalue weighted by Gasteiger charge is 2.19. The lowest BCUT2D eigenvalue weighted by molar-refractivity contribution is 0.116. The molecule has 1 N–H and O–H groups in total. The van der Waals surface area contributed by atoms with Gasteiger partial charge in [0.1, 0.15) is 5.82 Å². The van der Waals surface area contributed by atoms with Gasteiger partial charge in [0.2, 0.25) is 0 Å². The van der Waals surface area contributed by atoms with Gasteiger partial charge in [-0.3, -0.25) is 0 Å². The third-order valence-electron chi connectivity index (χ3n) is 3.56. The number of anilines is 1. The molecule has 4 nitrogen and oxygen atoms in total. The largest absolute Gasteiger partial charge is 0.376 e. The van der Waals surface area contributed by atoms with Gasteiger partial charge in [-0.15, -0.1) is 0 Å². The lowest BCUT2D eigenvalue weighted by atomic mass is 10.1. The van der Waals surface area contributed by atoms with Crippen LogP contribution in [0.3, 0.4) is 0 Å². The second-order valence-electron chi connectivity index (χ2n) is 6.77. The molecule has 0 bridgehead atoms. The first-order valence-corrected chi connectivity index (χ1v) is 7.95. The van der Waals surface area contributed by atoms with Gasteiger partial charge in [-0.25, -0.2) is 4.98 Å². The van der Waals surface area contributed by atoms with E-state index in [0.29, 0.717) is 11.1 Å². The van der Waals surface area contributed by atoms with Crippen molar-refractivity contribution in [2.24, 2.45) is 0 Å². The van der Waals surface area contributed by atoms with Crippen LogP contribution in [0, 0.1) is 0 Å². The van der Waals surface area contributed by atoms with E-state index in [1.165, 1.54) is 0 Å². The molecule has 2 rings (SSSR count). The standard InChI is InChI=1S/C16H26ClN3O/c1-16(2,3)19-10-12-8-14(17)15(18-9-12)20(4)11-13-6-5-7-21-13/h8-9,13,19H,5-7,10-11H2,1-4H3. The van der Waals surface area contributed by atoms with Crippen molar-refractivity contribution in [3.05, 3.63) is 22.8 Å². The van der Waals surface area contributed by atoms with Gasteiger partial charge in [0.05, 0.1) is 11.1 Å². The van der Waals surface area contributed by atoms with E-state index in [4.69, 9.17) is 16.3 Å². The van der Waals surface area contributed by atoms with Gasteiger partial charge in [-0.2, -0.15) is 0 Å². The molecule has 21 heavy (non-hydrogen) atoms. The van der Waals surface area contributed by atoms with Gasteiger partial charge < -0.3 is 15.0 Å². The van der Waals surface area contributed by atoms with Crippen LogP contribution in [0.4, 0.5) is 5.82 Å². The summed E-state index contributed by atoms with van der Waals surface area (Å²) in [6.45, 7) is 8.92. The van der Waals surface area contributed by atoms with Crippen LogP contribution in [0.2, 0.25) is 5.02 Å². The maximum Gasteiger partial charge on any atom is 0.147 e. The number of nitrogens with zero attached hydrogens (tertiary/aromatic N) is 2. The average Bonchev–Trinajstić information content (AvgIpc) is 2.88. The van der Waals surface area contributed by atoms with E-state index >= 15 is 0 Å². The van der Waals surface area contributed by atoms with Crippen molar-refractivity contribution >= 4 is 17.4 Å². The van der Waals surface area contributed by atoms with E-state index in [2.05, 4.69) is 36.0 Å². The van der Waals surface area contributed by atoms with Crippen molar-refractivity contribution in [2.75, 3.05) is 25.1 Å². The molecule has 0 radical (unpaired) electrons. The monoisotopic (exact) mass is 311 g/mol. The molecule has 5 heteroatoms. The molecule has 0 aromatic carbocycles. The van der Waals surface area contributed by atoms with Gasteiger partial charge in [0.25, 0.3) is 0 Å².